The van der Waals surface area contributed by atoms with Gasteiger partial charge >= 0.3 is 5.97 Å². The Kier molecular flexibility index (Phi) is 8.82. The van der Waals surface area contributed by atoms with Crippen LogP contribution in [-0.4, -0.2) is 38.3 Å². The molecule has 0 fully saturated rings. The molecule has 1 aliphatic heterocycles. The van der Waals surface area contributed by atoms with Gasteiger partial charge in [-0.25, -0.2) is 9.79 Å². The minimum absolute atomic E-state index is 0.222. The Bertz CT molecular complexity index is 1870. The number of esters is 1. The first-order valence-corrected chi connectivity index (χ1v) is 14.9. The number of ether oxygens (including phenoxy) is 3. The number of para-hydroxylation sites is 1. The van der Waals surface area contributed by atoms with E-state index in [2.05, 4.69) is 4.99 Å². The van der Waals surface area contributed by atoms with Gasteiger partial charge in [-0.05, 0) is 73.9 Å². The summed E-state index contributed by atoms with van der Waals surface area (Å²) in [5, 5.41) is 0. The fourth-order valence-electron chi connectivity index (χ4n) is 5.09. The average Bonchev–Trinajstić information content (AvgIpc) is 3.30. The topological polar surface area (TPSA) is 82.4 Å². The van der Waals surface area contributed by atoms with Gasteiger partial charge in [0.05, 0.1) is 35.6 Å². The van der Waals surface area contributed by atoms with Gasteiger partial charge in [-0.3, -0.25) is 9.36 Å². The highest BCUT2D eigenvalue weighted by molar-refractivity contribution is 7.07. The van der Waals surface area contributed by atoms with Crippen LogP contribution < -0.4 is 29.3 Å². The Morgan fingerprint density at radius 3 is 2.47 bits per heavy atom. The van der Waals surface area contributed by atoms with Crippen molar-refractivity contribution in [2.24, 2.45) is 4.99 Å². The van der Waals surface area contributed by atoms with Crippen LogP contribution in [0, 0.1) is 6.92 Å². The van der Waals surface area contributed by atoms with E-state index in [9.17, 15) is 9.59 Å². The Morgan fingerprint density at radius 2 is 1.79 bits per heavy atom. The molecule has 222 valence electrons. The summed E-state index contributed by atoms with van der Waals surface area (Å²) in [5.41, 5.74) is 5.20. The van der Waals surface area contributed by atoms with E-state index < -0.39 is 12.0 Å². The second-order valence-electron chi connectivity index (χ2n) is 10.4. The molecule has 0 radical (unpaired) electrons. The van der Waals surface area contributed by atoms with E-state index in [0.29, 0.717) is 33.0 Å². The first kappa shape index (κ1) is 29.8. The largest absolute Gasteiger partial charge is 0.496 e. The molecular formula is C34H35N3O5S. The normalized spacial score (nSPS) is 14.7. The molecule has 1 unspecified atom stereocenters. The number of hydrogen-bond acceptors (Lipinski definition) is 8. The minimum Gasteiger partial charge on any atom is -0.496 e. The molecule has 1 atom stereocenters. The zero-order valence-corrected chi connectivity index (χ0v) is 26.0. The molecule has 0 bridgehead atoms. The number of methoxy groups -OCH3 is 1. The molecule has 2 heterocycles. The summed E-state index contributed by atoms with van der Waals surface area (Å²) in [6.45, 7) is 6.08. The maximum atomic E-state index is 14.0. The Balaban J connectivity index is 1.58. The highest BCUT2D eigenvalue weighted by Gasteiger charge is 2.33. The third-order valence-corrected chi connectivity index (χ3v) is 8.30. The van der Waals surface area contributed by atoms with E-state index in [1.165, 1.54) is 11.3 Å². The number of fused-ring (bicyclic) bond motifs is 1. The number of nitrogens with zero attached hydrogens (tertiary/aromatic N) is 3. The molecule has 1 aromatic heterocycles. The average molecular weight is 598 g/mol. The van der Waals surface area contributed by atoms with Crippen LogP contribution in [0.25, 0.3) is 6.08 Å². The van der Waals surface area contributed by atoms with Gasteiger partial charge in [-0.2, -0.15) is 0 Å². The van der Waals surface area contributed by atoms with Crippen LogP contribution in [0.15, 0.2) is 87.8 Å². The molecular weight excluding hydrogens is 562 g/mol. The van der Waals surface area contributed by atoms with Crippen LogP contribution in [0.1, 0.15) is 42.1 Å². The maximum absolute atomic E-state index is 14.0. The maximum Gasteiger partial charge on any atom is 0.338 e. The third kappa shape index (κ3) is 6.12. The smallest absolute Gasteiger partial charge is 0.338 e. The lowest BCUT2D eigenvalue weighted by Crippen LogP contribution is -2.39. The molecule has 1 aliphatic rings. The predicted molar refractivity (Wildman–Crippen MR) is 170 cm³/mol. The van der Waals surface area contributed by atoms with E-state index in [0.717, 1.165) is 33.7 Å². The molecule has 4 aromatic rings. The van der Waals surface area contributed by atoms with Crippen molar-refractivity contribution in [3.8, 4) is 11.5 Å². The summed E-state index contributed by atoms with van der Waals surface area (Å²) < 4.78 is 19.2. The van der Waals surface area contributed by atoms with E-state index in [-0.39, 0.29) is 12.2 Å². The fourth-order valence-corrected chi connectivity index (χ4v) is 6.13. The summed E-state index contributed by atoms with van der Waals surface area (Å²) in [7, 11) is 5.55. The molecule has 0 aliphatic carbocycles. The molecule has 0 saturated carbocycles. The van der Waals surface area contributed by atoms with Gasteiger partial charge in [0, 0.05) is 25.3 Å². The van der Waals surface area contributed by atoms with Crippen LogP contribution in [0.3, 0.4) is 0 Å². The SMILES string of the molecule is CCOC(=O)C1=C(C)N=c2sc(=Cc3ccc(OC)c(COc4ccccc4C)c3)c(=O)n2C1c1ccc(N(C)C)cc1. The number of benzene rings is 3. The van der Waals surface area contributed by atoms with Crippen molar-refractivity contribution >= 4 is 29.1 Å². The zero-order chi connectivity index (χ0) is 30.7. The summed E-state index contributed by atoms with van der Waals surface area (Å²) in [6, 6.07) is 20.8. The fraction of sp³-hybridized carbons (Fsp3) is 0.265. The number of carbonyl (C=O) groups is 1. The van der Waals surface area contributed by atoms with Crippen LogP contribution in [0.4, 0.5) is 5.69 Å². The van der Waals surface area contributed by atoms with Crippen molar-refractivity contribution in [3.63, 3.8) is 0 Å². The molecule has 0 amide bonds. The van der Waals surface area contributed by atoms with Gasteiger partial charge < -0.3 is 19.1 Å². The van der Waals surface area contributed by atoms with Crippen LogP contribution in [0.5, 0.6) is 11.5 Å². The van der Waals surface area contributed by atoms with Crippen LogP contribution in [-0.2, 0) is 16.1 Å². The molecule has 43 heavy (non-hydrogen) atoms. The standard InChI is InChI=1S/C34H35N3O5S/c1-7-41-33(39)30-22(3)35-34-37(31(30)24-13-15-26(16-14-24)36(4)5)32(38)29(43-34)19-23-12-17-28(40-6)25(18-23)20-42-27-11-9-8-10-21(27)2/h8-19,31H,7,20H2,1-6H3. The van der Waals surface area contributed by atoms with Crippen LogP contribution in [0.2, 0.25) is 0 Å². The number of allylic oxidation sites excluding steroid dienone is 1. The second-order valence-corrected chi connectivity index (χ2v) is 11.4. The lowest BCUT2D eigenvalue weighted by atomic mass is 9.95. The summed E-state index contributed by atoms with van der Waals surface area (Å²) in [4.78, 5) is 34.4. The molecule has 5 rings (SSSR count). The van der Waals surface area contributed by atoms with Gasteiger partial charge in [0.25, 0.3) is 5.56 Å². The van der Waals surface area contributed by atoms with Gasteiger partial charge in [-0.15, -0.1) is 0 Å². The number of rotatable bonds is 9. The first-order chi connectivity index (χ1) is 20.7. The minimum atomic E-state index is -0.664. The van der Waals surface area contributed by atoms with Gasteiger partial charge in [0.2, 0.25) is 0 Å². The molecule has 0 N–H and O–H groups in total. The van der Waals surface area contributed by atoms with Crippen molar-refractivity contribution in [2.75, 3.05) is 32.7 Å². The molecule has 0 saturated heterocycles. The highest BCUT2D eigenvalue weighted by atomic mass is 32.1. The Morgan fingerprint density at radius 1 is 1.05 bits per heavy atom. The number of thiazole rings is 1. The molecule has 3 aromatic carbocycles. The Labute approximate surface area is 254 Å². The van der Waals surface area contributed by atoms with Gasteiger partial charge in [0.15, 0.2) is 4.80 Å². The van der Waals surface area contributed by atoms with Gasteiger partial charge in [-0.1, -0.05) is 47.7 Å². The molecule has 0 spiro atoms. The van der Waals surface area contributed by atoms with E-state index in [1.807, 2.05) is 98.7 Å². The monoisotopic (exact) mass is 597 g/mol. The number of aryl methyl sites for hydroxylation is 1. The number of aromatic nitrogens is 1. The number of hydrogen-bond donors (Lipinski definition) is 0. The van der Waals surface area contributed by atoms with E-state index in [4.69, 9.17) is 14.2 Å². The quantitative estimate of drug-likeness (QED) is 0.259. The lowest BCUT2D eigenvalue weighted by Gasteiger charge is -2.25. The Hall–Kier alpha value is -4.63. The lowest BCUT2D eigenvalue weighted by molar-refractivity contribution is -0.139. The van der Waals surface area contributed by atoms with Crippen molar-refractivity contribution in [3.05, 3.63) is 120 Å². The zero-order valence-electron chi connectivity index (χ0n) is 25.2. The van der Waals surface area contributed by atoms with Crippen molar-refractivity contribution in [1.82, 2.24) is 4.57 Å². The van der Waals surface area contributed by atoms with Crippen molar-refractivity contribution in [1.29, 1.82) is 0 Å². The van der Waals surface area contributed by atoms with E-state index >= 15 is 0 Å². The van der Waals surface area contributed by atoms with Crippen molar-refractivity contribution in [2.45, 2.75) is 33.4 Å². The first-order valence-electron chi connectivity index (χ1n) is 14.0. The van der Waals surface area contributed by atoms with Crippen molar-refractivity contribution < 1.29 is 19.0 Å². The summed E-state index contributed by atoms with van der Waals surface area (Å²) >= 11 is 1.29. The summed E-state index contributed by atoms with van der Waals surface area (Å²) in [6.07, 6.45) is 1.84. The van der Waals surface area contributed by atoms with Crippen LogP contribution >= 0.6 is 11.3 Å². The molecule has 9 heteroatoms. The highest BCUT2D eigenvalue weighted by Crippen LogP contribution is 2.32. The molecule has 8 nitrogen and oxygen atoms in total. The van der Waals surface area contributed by atoms with E-state index in [1.54, 1.807) is 25.5 Å². The number of anilines is 1. The second kappa shape index (κ2) is 12.7. The number of carbonyl (C=O) groups excluding carboxylic acids is 1. The summed E-state index contributed by atoms with van der Waals surface area (Å²) in [5.74, 6) is 1.02. The predicted octanol–water partition coefficient (Wildman–Crippen LogP) is 4.76. The van der Waals surface area contributed by atoms with Gasteiger partial charge in [0.1, 0.15) is 18.1 Å². The third-order valence-electron chi connectivity index (χ3n) is 7.32.